The van der Waals surface area contributed by atoms with Gasteiger partial charge in [0.2, 0.25) is 5.91 Å². The Kier molecular flexibility index (Phi) is 3.59. The third-order valence-corrected chi connectivity index (χ3v) is 3.44. The first-order valence-electron chi connectivity index (χ1n) is 5.98. The second kappa shape index (κ2) is 4.94. The summed E-state index contributed by atoms with van der Waals surface area (Å²) in [5, 5.41) is 12.8. The highest BCUT2D eigenvalue weighted by Gasteiger charge is 2.26. The molecule has 4 nitrogen and oxygen atoms in total. The van der Waals surface area contributed by atoms with Crippen LogP contribution in [-0.2, 0) is 4.79 Å². The molecule has 15 heavy (non-hydrogen) atoms. The SMILES string of the molecule is O=C(CNC1CCCC1)N1CCC[C@@H]1O. The molecular weight excluding hydrogens is 192 g/mol. The van der Waals surface area contributed by atoms with E-state index in [2.05, 4.69) is 5.32 Å². The van der Waals surface area contributed by atoms with Crippen LogP contribution < -0.4 is 5.32 Å². The molecule has 0 spiro atoms. The van der Waals surface area contributed by atoms with E-state index >= 15 is 0 Å². The van der Waals surface area contributed by atoms with Crippen molar-refractivity contribution in [2.24, 2.45) is 0 Å². The maximum Gasteiger partial charge on any atom is 0.238 e. The number of likely N-dealkylation sites (tertiary alicyclic amines) is 1. The largest absolute Gasteiger partial charge is 0.374 e. The quantitative estimate of drug-likeness (QED) is 0.714. The van der Waals surface area contributed by atoms with Gasteiger partial charge in [0.05, 0.1) is 6.54 Å². The monoisotopic (exact) mass is 212 g/mol. The van der Waals surface area contributed by atoms with Gasteiger partial charge < -0.3 is 15.3 Å². The van der Waals surface area contributed by atoms with Gasteiger partial charge in [0.15, 0.2) is 0 Å². The Morgan fingerprint density at radius 2 is 2.00 bits per heavy atom. The standard InChI is InChI=1S/C11H20N2O2/c14-10-6-3-7-13(10)11(15)8-12-9-4-1-2-5-9/h9-10,12,14H,1-8H2/t10-/m0/s1. The molecule has 2 aliphatic rings. The van der Waals surface area contributed by atoms with E-state index in [4.69, 9.17) is 0 Å². The van der Waals surface area contributed by atoms with Crippen molar-refractivity contribution in [2.75, 3.05) is 13.1 Å². The van der Waals surface area contributed by atoms with E-state index in [1.54, 1.807) is 4.90 Å². The van der Waals surface area contributed by atoms with Crippen LogP contribution in [0.4, 0.5) is 0 Å². The van der Waals surface area contributed by atoms with Crippen LogP contribution in [0.25, 0.3) is 0 Å². The first-order valence-corrected chi connectivity index (χ1v) is 5.98. The zero-order valence-corrected chi connectivity index (χ0v) is 9.11. The summed E-state index contributed by atoms with van der Waals surface area (Å²) in [6.07, 6.45) is 6.05. The van der Waals surface area contributed by atoms with E-state index in [9.17, 15) is 9.90 Å². The molecule has 1 aliphatic carbocycles. The maximum atomic E-state index is 11.7. The van der Waals surface area contributed by atoms with Gasteiger partial charge >= 0.3 is 0 Å². The average molecular weight is 212 g/mol. The topological polar surface area (TPSA) is 52.6 Å². The molecule has 2 rings (SSSR count). The van der Waals surface area contributed by atoms with E-state index in [1.165, 1.54) is 25.7 Å². The van der Waals surface area contributed by atoms with Crippen LogP contribution in [0, 0.1) is 0 Å². The zero-order valence-electron chi connectivity index (χ0n) is 9.11. The summed E-state index contributed by atoms with van der Waals surface area (Å²) in [4.78, 5) is 13.3. The van der Waals surface area contributed by atoms with E-state index in [-0.39, 0.29) is 5.91 Å². The maximum absolute atomic E-state index is 11.7. The van der Waals surface area contributed by atoms with Crippen LogP contribution in [0.15, 0.2) is 0 Å². The third-order valence-electron chi connectivity index (χ3n) is 3.44. The fraction of sp³-hybridized carbons (Fsp3) is 0.909. The minimum absolute atomic E-state index is 0.0481. The Hall–Kier alpha value is -0.610. The Morgan fingerprint density at radius 3 is 2.60 bits per heavy atom. The molecule has 0 aromatic heterocycles. The average Bonchev–Trinajstić information content (AvgIpc) is 2.84. The lowest BCUT2D eigenvalue weighted by Gasteiger charge is -2.21. The minimum Gasteiger partial charge on any atom is -0.374 e. The van der Waals surface area contributed by atoms with Crippen molar-refractivity contribution in [3.63, 3.8) is 0 Å². The lowest BCUT2D eigenvalue weighted by atomic mass is 10.2. The summed E-state index contributed by atoms with van der Waals surface area (Å²) in [6, 6.07) is 0.522. The van der Waals surface area contributed by atoms with Gasteiger partial charge in [-0.3, -0.25) is 4.79 Å². The molecule has 1 saturated heterocycles. The molecule has 1 heterocycles. The number of aliphatic hydroxyl groups is 1. The van der Waals surface area contributed by atoms with Crippen molar-refractivity contribution in [3.8, 4) is 0 Å². The van der Waals surface area contributed by atoms with Crippen LogP contribution in [0.3, 0.4) is 0 Å². The summed E-state index contributed by atoms with van der Waals surface area (Å²) < 4.78 is 0. The van der Waals surface area contributed by atoms with Crippen molar-refractivity contribution in [3.05, 3.63) is 0 Å². The molecule has 1 saturated carbocycles. The van der Waals surface area contributed by atoms with E-state index < -0.39 is 6.23 Å². The Balaban J connectivity index is 1.71. The van der Waals surface area contributed by atoms with Crippen LogP contribution >= 0.6 is 0 Å². The van der Waals surface area contributed by atoms with Crippen molar-refractivity contribution >= 4 is 5.91 Å². The molecular formula is C11H20N2O2. The molecule has 4 heteroatoms. The second-order valence-electron chi connectivity index (χ2n) is 4.57. The lowest BCUT2D eigenvalue weighted by Crippen LogP contribution is -2.43. The Bertz CT molecular complexity index is 227. The van der Waals surface area contributed by atoms with Gasteiger partial charge in [0, 0.05) is 12.6 Å². The molecule has 1 atom stereocenters. The fourth-order valence-electron chi connectivity index (χ4n) is 2.50. The summed E-state index contributed by atoms with van der Waals surface area (Å²) in [7, 11) is 0. The highest BCUT2D eigenvalue weighted by atomic mass is 16.3. The summed E-state index contributed by atoms with van der Waals surface area (Å²) in [5.41, 5.74) is 0. The van der Waals surface area contributed by atoms with Crippen molar-refractivity contribution in [1.29, 1.82) is 0 Å². The molecule has 1 amide bonds. The highest BCUT2D eigenvalue weighted by Crippen LogP contribution is 2.18. The van der Waals surface area contributed by atoms with Crippen molar-refractivity contribution in [1.82, 2.24) is 10.2 Å². The van der Waals surface area contributed by atoms with Crippen LogP contribution in [0.1, 0.15) is 38.5 Å². The number of rotatable bonds is 3. The number of nitrogens with zero attached hydrogens (tertiary/aromatic N) is 1. The fourth-order valence-corrected chi connectivity index (χ4v) is 2.50. The molecule has 2 fully saturated rings. The third kappa shape index (κ3) is 2.69. The molecule has 86 valence electrons. The van der Waals surface area contributed by atoms with Crippen LogP contribution in [0.2, 0.25) is 0 Å². The number of hydrogen-bond donors (Lipinski definition) is 2. The van der Waals surface area contributed by atoms with Gasteiger partial charge in [-0.25, -0.2) is 0 Å². The predicted molar refractivity (Wildman–Crippen MR) is 57.2 cm³/mol. The normalized spacial score (nSPS) is 27.5. The minimum atomic E-state index is -0.539. The number of aliphatic hydroxyl groups excluding tert-OH is 1. The van der Waals surface area contributed by atoms with Crippen molar-refractivity contribution in [2.45, 2.75) is 50.8 Å². The van der Waals surface area contributed by atoms with Crippen LogP contribution in [-0.4, -0.2) is 41.3 Å². The van der Waals surface area contributed by atoms with Gasteiger partial charge in [-0.2, -0.15) is 0 Å². The highest BCUT2D eigenvalue weighted by molar-refractivity contribution is 5.78. The molecule has 0 bridgehead atoms. The molecule has 1 aliphatic heterocycles. The number of carbonyl (C=O) groups excluding carboxylic acids is 1. The molecule has 0 aromatic carbocycles. The van der Waals surface area contributed by atoms with E-state index in [1.807, 2.05) is 0 Å². The Morgan fingerprint density at radius 1 is 1.27 bits per heavy atom. The zero-order chi connectivity index (χ0) is 10.7. The van der Waals surface area contributed by atoms with Gasteiger partial charge in [-0.1, -0.05) is 12.8 Å². The first kappa shape index (κ1) is 10.9. The summed E-state index contributed by atoms with van der Waals surface area (Å²) >= 11 is 0. The molecule has 0 radical (unpaired) electrons. The van der Waals surface area contributed by atoms with Crippen molar-refractivity contribution < 1.29 is 9.90 Å². The molecule has 0 unspecified atom stereocenters. The number of amides is 1. The number of carbonyl (C=O) groups is 1. The number of nitrogens with one attached hydrogen (secondary N) is 1. The summed E-state index contributed by atoms with van der Waals surface area (Å²) in [5.74, 6) is 0.0481. The van der Waals surface area contributed by atoms with Gasteiger partial charge in [-0.15, -0.1) is 0 Å². The van der Waals surface area contributed by atoms with Crippen LogP contribution in [0.5, 0.6) is 0 Å². The van der Waals surface area contributed by atoms with E-state index in [0.717, 1.165) is 12.8 Å². The molecule has 0 aromatic rings. The Labute approximate surface area is 90.6 Å². The smallest absolute Gasteiger partial charge is 0.238 e. The summed E-state index contributed by atoms with van der Waals surface area (Å²) in [6.45, 7) is 1.11. The molecule has 2 N–H and O–H groups in total. The van der Waals surface area contributed by atoms with E-state index in [0.29, 0.717) is 19.1 Å². The van der Waals surface area contributed by atoms with Gasteiger partial charge in [0.25, 0.3) is 0 Å². The lowest BCUT2D eigenvalue weighted by molar-refractivity contribution is -0.137. The number of hydrogen-bond acceptors (Lipinski definition) is 3. The first-order chi connectivity index (χ1) is 7.27. The predicted octanol–water partition coefficient (Wildman–Crippen LogP) is 0.459. The van der Waals surface area contributed by atoms with Gasteiger partial charge in [0.1, 0.15) is 6.23 Å². The second-order valence-corrected chi connectivity index (χ2v) is 4.57. The van der Waals surface area contributed by atoms with Gasteiger partial charge in [-0.05, 0) is 25.7 Å².